The highest BCUT2D eigenvalue weighted by atomic mass is 32.2. The van der Waals surface area contributed by atoms with Crippen molar-refractivity contribution in [3.63, 3.8) is 0 Å². The summed E-state index contributed by atoms with van der Waals surface area (Å²) in [7, 11) is 0. The van der Waals surface area contributed by atoms with Gasteiger partial charge in [-0.2, -0.15) is 11.8 Å². The summed E-state index contributed by atoms with van der Waals surface area (Å²) < 4.78 is 1.66. The molecule has 0 radical (unpaired) electrons. The molecular weight excluding hydrogens is 288 g/mol. The zero-order chi connectivity index (χ0) is 15.0. The predicted molar refractivity (Wildman–Crippen MR) is 84.3 cm³/mol. The van der Waals surface area contributed by atoms with Crippen LogP contribution in [0.15, 0.2) is 23.0 Å². The van der Waals surface area contributed by atoms with Gasteiger partial charge in [-0.3, -0.25) is 4.57 Å². The summed E-state index contributed by atoms with van der Waals surface area (Å²) >= 11 is 1.92. The molecule has 2 atom stereocenters. The van der Waals surface area contributed by atoms with Crippen molar-refractivity contribution in [1.29, 1.82) is 0 Å². The van der Waals surface area contributed by atoms with E-state index in [2.05, 4.69) is 11.9 Å². The highest BCUT2D eigenvalue weighted by molar-refractivity contribution is 7.99. The highest BCUT2D eigenvalue weighted by Gasteiger charge is 2.29. The third kappa shape index (κ3) is 2.48. The van der Waals surface area contributed by atoms with Crippen LogP contribution in [0.1, 0.15) is 42.6 Å². The van der Waals surface area contributed by atoms with Gasteiger partial charge >= 0.3 is 11.7 Å². The molecule has 1 aliphatic carbocycles. The zero-order valence-electron chi connectivity index (χ0n) is 11.8. The largest absolute Gasteiger partial charge is 0.478 e. The molecule has 1 aromatic carbocycles. The Morgan fingerprint density at radius 3 is 3.00 bits per heavy atom. The smallest absolute Gasteiger partial charge is 0.337 e. The molecule has 0 amide bonds. The van der Waals surface area contributed by atoms with E-state index in [4.69, 9.17) is 0 Å². The summed E-state index contributed by atoms with van der Waals surface area (Å²) in [5.74, 6) is 0.0754. The Morgan fingerprint density at radius 1 is 1.48 bits per heavy atom. The van der Waals surface area contributed by atoms with Crippen LogP contribution in [0.25, 0.3) is 11.0 Å². The number of aromatic amines is 1. The first kappa shape index (κ1) is 14.3. The van der Waals surface area contributed by atoms with Crippen LogP contribution in [0.5, 0.6) is 0 Å². The number of rotatable bonds is 4. The number of aromatic carboxylic acids is 1. The zero-order valence-corrected chi connectivity index (χ0v) is 12.7. The lowest BCUT2D eigenvalue weighted by atomic mass is 10.1. The minimum atomic E-state index is -0.995. The third-order valence-electron chi connectivity index (χ3n) is 4.09. The Labute approximate surface area is 126 Å². The molecule has 1 fully saturated rings. The fourth-order valence-corrected chi connectivity index (χ4v) is 4.37. The van der Waals surface area contributed by atoms with Crippen molar-refractivity contribution in [1.82, 2.24) is 9.55 Å². The molecule has 2 N–H and O–H groups in total. The number of carboxylic acid groups (broad SMARTS) is 1. The highest BCUT2D eigenvalue weighted by Crippen LogP contribution is 2.37. The summed E-state index contributed by atoms with van der Waals surface area (Å²) in [5, 5.41) is 9.93. The molecule has 1 aromatic heterocycles. The van der Waals surface area contributed by atoms with E-state index in [0.29, 0.717) is 16.3 Å². The van der Waals surface area contributed by atoms with E-state index in [1.54, 1.807) is 22.8 Å². The number of fused-ring (bicyclic) bond motifs is 1. The minimum absolute atomic E-state index is 0.0933. The number of aromatic nitrogens is 2. The van der Waals surface area contributed by atoms with E-state index in [1.807, 2.05) is 11.8 Å². The molecule has 2 unspecified atom stereocenters. The predicted octanol–water partition coefficient (Wildman–Crippen LogP) is 2.87. The van der Waals surface area contributed by atoms with Gasteiger partial charge in [0, 0.05) is 11.3 Å². The molecule has 3 rings (SSSR count). The van der Waals surface area contributed by atoms with Crippen molar-refractivity contribution in [3.05, 3.63) is 34.2 Å². The molecule has 0 bridgehead atoms. The van der Waals surface area contributed by atoms with E-state index in [9.17, 15) is 14.7 Å². The van der Waals surface area contributed by atoms with E-state index < -0.39 is 5.97 Å². The molecule has 21 heavy (non-hydrogen) atoms. The summed E-state index contributed by atoms with van der Waals surface area (Å²) in [6.07, 6.45) is 2.94. The topological polar surface area (TPSA) is 75.1 Å². The van der Waals surface area contributed by atoms with Gasteiger partial charge in [0.15, 0.2) is 0 Å². The molecule has 2 aromatic rings. The Bertz CT molecular complexity index is 734. The number of imidazole rings is 1. The van der Waals surface area contributed by atoms with Crippen LogP contribution in [-0.4, -0.2) is 31.6 Å². The monoisotopic (exact) mass is 306 g/mol. The molecule has 0 saturated heterocycles. The first-order valence-electron chi connectivity index (χ1n) is 7.20. The van der Waals surface area contributed by atoms with Crippen LogP contribution in [0.4, 0.5) is 0 Å². The number of para-hydroxylation sites is 1. The number of hydrogen-bond acceptors (Lipinski definition) is 3. The molecule has 0 spiro atoms. The number of nitrogens with one attached hydrogen (secondary N) is 1. The number of carboxylic acids is 1. The molecule has 1 aliphatic rings. The van der Waals surface area contributed by atoms with Crippen molar-refractivity contribution in [2.75, 3.05) is 5.75 Å². The van der Waals surface area contributed by atoms with Crippen LogP contribution in [-0.2, 0) is 0 Å². The van der Waals surface area contributed by atoms with Gasteiger partial charge in [0.25, 0.3) is 0 Å². The Morgan fingerprint density at radius 2 is 2.29 bits per heavy atom. The van der Waals surface area contributed by atoms with Crippen LogP contribution >= 0.6 is 11.8 Å². The lowest BCUT2D eigenvalue weighted by Gasteiger charge is -2.13. The number of thioether (sulfide) groups is 1. The lowest BCUT2D eigenvalue weighted by molar-refractivity contribution is 0.0698. The van der Waals surface area contributed by atoms with Crippen LogP contribution in [0.3, 0.4) is 0 Å². The quantitative estimate of drug-likeness (QED) is 0.911. The second-order valence-corrected chi connectivity index (χ2v) is 6.93. The maximum Gasteiger partial charge on any atom is 0.337 e. The van der Waals surface area contributed by atoms with Gasteiger partial charge in [0.2, 0.25) is 0 Å². The van der Waals surface area contributed by atoms with Crippen molar-refractivity contribution >= 4 is 28.8 Å². The second-order valence-electron chi connectivity index (χ2n) is 5.35. The Hall–Kier alpha value is -1.69. The molecule has 1 saturated carbocycles. The first-order valence-corrected chi connectivity index (χ1v) is 8.24. The normalized spacial score (nSPS) is 22.0. The Kier molecular flexibility index (Phi) is 3.80. The van der Waals surface area contributed by atoms with E-state index >= 15 is 0 Å². The van der Waals surface area contributed by atoms with Gasteiger partial charge < -0.3 is 10.1 Å². The van der Waals surface area contributed by atoms with Crippen molar-refractivity contribution in [2.24, 2.45) is 0 Å². The summed E-state index contributed by atoms with van der Waals surface area (Å²) in [4.78, 5) is 26.5. The fourth-order valence-electron chi connectivity index (χ4n) is 3.24. The number of benzene rings is 1. The van der Waals surface area contributed by atoms with Crippen LogP contribution in [0, 0.1) is 0 Å². The summed E-state index contributed by atoms with van der Waals surface area (Å²) in [5.41, 5.74) is 1.12. The fraction of sp³-hybridized carbons (Fsp3) is 0.467. The molecular formula is C15H18N2O3S. The average Bonchev–Trinajstić information content (AvgIpc) is 3.01. The van der Waals surface area contributed by atoms with E-state index in [0.717, 1.165) is 25.0 Å². The number of hydrogen-bond donors (Lipinski definition) is 2. The molecule has 112 valence electrons. The van der Waals surface area contributed by atoms with Crippen molar-refractivity contribution < 1.29 is 9.90 Å². The molecule has 5 nitrogen and oxygen atoms in total. The molecule has 1 heterocycles. The van der Waals surface area contributed by atoms with Gasteiger partial charge in [0.05, 0.1) is 16.6 Å². The number of H-pyrrole nitrogens is 1. The standard InChI is InChI=1S/C15H18N2O3S/c1-2-21-10-7-6-9(8-10)17-13-11(14(18)19)4-3-5-12(13)16-15(17)20/h3-5,9-10H,2,6-8H2,1H3,(H,16,20)(H,18,19). The second kappa shape index (κ2) is 5.60. The third-order valence-corrected chi connectivity index (χ3v) is 5.32. The Balaban J connectivity index is 2.08. The van der Waals surface area contributed by atoms with Gasteiger partial charge in [-0.1, -0.05) is 13.0 Å². The van der Waals surface area contributed by atoms with Crippen molar-refractivity contribution in [3.8, 4) is 0 Å². The molecule has 0 aliphatic heterocycles. The average molecular weight is 306 g/mol. The van der Waals surface area contributed by atoms with Gasteiger partial charge in [-0.05, 0) is 37.1 Å². The molecule has 6 heteroatoms. The van der Waals surface area contributed by atoms with Crippen LogP contribution < -0.4 is 5.69 Å². The summed E-state index contributed by atoms with van der Waals surface area (Å²) in [6.45, 7) is 2.14. The first-order chi connectivity index (χ1) is 10.1. The van der Waals surface area contributed by atoms with E-state index in [-0.39, 0.29) is 17.3 Å². The maximum absolute atomic E-state index is 12.3. The summed E-state index contributed by atoms with van der Waals surface area (Å²) in [6, 6.07) is 5.07. The lowest BCUT2D eigenvalue weighted by Crippen LogP contribution is -2.21. The number of carbonyl (C=O) groups is 1. The van der Waals surface area contributed by atoms with Crippen molar-refractivity contribution in [2.45, 2.75) is 37.5 Å². The minimum Gasteiger partial charge on any atom is -0.478 e. The SMILES string of the molecule is CCSC1CCC(n2c(=O)[nH]c3cccc(C(=O)O)c32)C1. The van der Waals surface area contributed by atoms with E-state index in [1.165, 1.54) is 0 Å². The van der Waals surface area contributed by atoms with Gasteiger partial charge in [0.1, 0.15) is 0 Å². The number of nitrogens with zero attached hydrogens (tertiary/aromatic N) is 1. The van der Waals surface area contributed by atoms with Gasteiger partial charge in [-0.25, -0.2) is 9.59 Å². The van der Waals surface area contributed by atoms with Gasteiger partial charge in [-0.15, -0.1) is 0 Å². The maximum atomic E-state index is 12.3. The van der Waals surface area contributed by atoms with Crippen LogP contribution in [0.2, 0.25) is 0 Å².